The molecule has 0 bridgehead atoms. The first-order chi connectivity index (χ1) is 13.8. The Kier molecular flexibility index (Phi) is 5.02. The molecule has 1 saturated heterocycles. The fourth-order valence-electron chi connectivity index (χ4n) is 3.82. The molecule has 0 radical (unpaired) electrons. The molecule has 3 aromatic rings. The molecule has 1 aliphatic heterocycles. The smallest absolute Gasteiger partial charge is 0.410 e. The maximum Gasteiger partial charge on any atom is 0.410 e. The van der Waals surface area contributed by atoms with E-state index in [0.29, 0.717) is 13.1 Å². The van der Waals surface area contributed by atoms with Crippen LogP contribution in [-0.4, -0.2) is 54.1 Å². The van der Waals surface area contributed by atoms with Crippen LogP contribution in [-0.2, 0) is 11.8 Å². The summed E-state index contributed by atoms with van der Waals surface area (Å²) in [5.41, 5.74) is 3.41. The third-order valence-electron chi connectivity index (χ3n) is 5.19. The summed E-state index contributed by atoms with van der Waals surface area (Å²) in [5.74, 6) is 0.262. The van der Waals surface area contributed by atoms with E-state index >= 15 is 0 Å². The molecular formula is C21H28N6O2. The van der Waals surface area contributed by atoms with Crippen LogP contribution in [0.5, 0.6) is 0 Å². The Hall–Kier alpha value is -2.90. The standard InChI is InChI=1S/C21H28N6O2/c1-21(2,3)29-20(28)26-10-5-6-15(8-11-26)19-18-7-9-22-27(18)14-17(24-19)16-12-23-25(4)13-16/h7,9,12-15H,5-6,8,10-11H2,1-4H3. The van der Waals surface area contributed by atoms with Gasteiger partial charge in [-0.3, -0.25) is 4.68 Å². The molecule has 8 nitrogen and oxygen atoms in total. The van der Waals surface area contributed by atoms with Gasteiger partial charge in [0.25, 0.3) is 0 Å². The van der Waals surface area contributed by atoms with Crippen LogP contribution in [0, 0.1) is 0 Å². The Morgan fingerprint density at radius 2 is 2.00 bits per heavy atom. The van der Waals surface area contributed by atoms with Gasteiger partial charge in [-0.25, -0.2) is 14.3 Å². The molecular weight excluding hydrogens is 368 g/mol. The Morgan fingerprint density at radius 3 is 2.72 bits per heavy atom. The zero-order valence-electron chi connectivity index (χ0n) is 17.5. The van der Waals surface area contributed by atoms with Gasteiger partial charge >= 0.3 is 6.09 Å². The summed E-state index contributed by atoms with van der Waals surface area (Å²) in [6.45, 7) is 7.07. The van der Waals surface area contributed by atoms with E-state index in [4.69, 9.17) is 9.72 Å². The number of hydrogen-bond donors (Lipinski definition) is 0. The minimum absolute atomic E-state index is 0.232. The van der Waals surface area contributed by atoms with Crippen molar-refractivity contribution in [3.05, 3.63) is 36.5 Å². The number of amides is 1. The SMILES string of the molecule is Cn1cc(-c2cn3nccc3c(C3CCCN(C(=O)OC(C)(C)C)CC3)n2)cn1. The number of carbonyl (C=O) groups is 1. The van der Waals surface area contributed by atoms with Crippen molar-refractivity contribution in [3.63, 3.8) is 0 Å². The Morgan fingerprint density at radius 1 is 1.17 bits per heavy atom. The van der Waals surface area contributed by atoms with Gasteiger partial charge < -0.3 is 9.64 Å². The van der Waals surface area contributed by atoms with E-state index in [0.717, 1.165) is 41.7 Å². The third kappa shape index (κ3) is 4.26. The van der Waals surface area contributed by atoms with E-state index in [2.05, 4.69) is 10.2 Å². The molecule has 0 aromatic carbocycles. The van der Waals surface area contributed by atoms with Crippen molar-refractivity contribution in [2.24, 2.45) is 7.05 Å². The van der Waals surface area contributed by atoms with Crippen molar-refractivity contribution >= 4 is 11.6 Å². The molecule has 1 unspecified atom stereocenters. The lowest BCUT2D eigenvalue weighted by Gasteiger charge is -2.26. The minimum atomic E-state index is -0.480. The number of aromatic nitrogens is 5. The van der Waals surface area contributed by atoms with E-state index in [-0.39, 0.29) is 12.0 Å². The Bertz CT molecular complexity index is 1020. The number of aryl methyl sites for hydroxylation is 1. The minimum Gasteiger partial charge on any atom is -0.444 e. The van der Waals surface area contributed by atoms with Gasteiger partial charge in [-0.2, -0.15) is 10.2 Å². The molecule has 0 N–H and O–H groups in total. The topological polar surface area (TPSA) is 77.5 Å². The van der Waals surface area contributed by atoms with E-state index in [1.54, 1.807) is 10.9 Å². The van der Waals surface area contributed by atoms with Crippen LogP contribution < -0.4 is 0 Å². The number of rotatable bonds is 2. The number of nitrogens with zero attached hydrogens (tertiary/aromatic N) is 6. The van der Waals surface area contributed by atoms with Gasteiger partial charge in [0.05, 0.1) is 35.5 Å². The lowest BCUT2D eigenvalue weighted by Crippen LogP contribution is -2.37. The van der Waals surface area contributed by atoms with Crippen LogP contribution >= 0.6 is 0 Å². The summed E-state index contributed by atoms with van der Waals surface area (Å²) in [6.07, 6.45) is 10.0. The van der Waals surface area contributed by atoms with Crippen LogP contribution in [0.4, 0.5) is 4.79 Å². The molecule has 4 rings (SSSR count). The molecule has 0 spiro atoms. The second-order valence-corrected chi connectivity index (χ2v) is 8.67. The second kappa shape index (κ2) is 7.50. The van der Waals surface area contributed by atoms with E-state index in [1.165, 1.54) is 0 Å². The van der Waals surface area contributed by atoms with Crippen molar-refractivity contribution in [1.29, 1.82) is 0 Å². The van der Waals surface area contributed by atoms with Crippen molar-refractivity contribution < 1.29 is 9.53 Å². The van der Waals surface area contributed by atoms with Gasteiger partial charge in [0.1, 0.15) is 5.60 Å². The first-order valence-electron chi connectivity index (χ1n) is 10.1. The number of hydrogen-bond acceptors (Lipinski definition) is 5. The Labute approximate surface area is 170 Å². The van der Waals surface area contributed by atoms with E-state index < -0.39 is 5.60 Å². The number of likely N-dealkylation sites (tertiary alicyclic amines) is 1. The van der Waals surface area contributed by atoms with E-state index in [9.17, 15) is 4.79 Å². The number of fused-ring (bicyclic) bond motifs is 1. The summed E-state index contributed by atoms with van der Waals surface area (Å²) in [5, 5.41) is 8.70. The van der Waals surface area contributed by atoms with Crippen molar-refractivity contribution in [1.82, 2.24) is 29.3 Å². The summed E-state index contributed by atoms with van der Waals surface area (Å²) in [7, 11) is 1.90. The molecule has 4 heterocycles. The predicted molar refractivity (Wildman–Crippen MR) is 110 cm³/mol. The number of ether oxygens (including phenoxy) is 1. The molecule has 3 aromatic heterocycles. The zero-order chi connectivity index (χ0) is 20.6. The normalized spacial score (nSPS) is 18.1. The quantitative estimate of drug-likeness (QED) is 0.661. The van der Waals surface area contributed by atoms with Crippen LogP contribution in [0.2, 0.25) is 0 Å². The molecule has 1 aliphatic rings. The summed E-state index contributed by atoms with van der Waals surface area (Å²) in [6, 6.07) is 2.01. The molecule has 0 aliphatic carbocycles. The van der Waals surface area contributed by atoms with Gasteiger partial charge in [-0.1, -0.05) is 0 Å². The second-order valence-electron chi connectivity index (χ2n) is 8.67. The molecule has 29 heavy (non-hydrogen) atoms. The molecule has 8 heteroatoms. The highest BCUT2D eigenvalue weighted by molar-refractivity contribution is 5.68. The Balaban J connectivity index is 1.60. The van der Waals surface area contributed by atoms with Gasteiger partial charge in [-0.05, 0) is 46.1 Å². The summed E-state index contributed by atoms with van der Waals surface area (Å²) < 4.78 is 9.22. The maximum absolute atomic E-state index is 12.5. The monoisotopic (exact) mass is 396 g/mol. The van der Waals surface area contributed by atoms with Gasteiger partial charge in [0.15, 0.2) is 0 Å². The van der Waals surface area contributed by atoms with Crippen molar-refractivity contribution in [2.45, 2.75) is 51.6 Å². The number of carbonyl (C=O) groups excluding carboxylic acids is 1. The van der Waals surface area contributed by atoms with Gasteiger partial charge in [0, 0.05) is 37.8 Å². The first-order valence-corrected chi connectivity index (χ1v) is 10.1. The summed E-state index contributed by atoms with van der Waals surface area (Å²) >= 11 is 0. The van der Waals surface area contributed by atoms with Crippen molar-refractivity contribution in [3.8, 4) is 11.3 Å². The predicted octanol–water partition coefficient (Wildman–Crippen LogP) is 3.63. The molecule has 154 valence electrons. The average molecular weight is 396 g/mol. The first kappa shape index (κ1) is 19.4. The maximum atomic E-state index is 12.5. The molecule has 0 saturated carbocycles. The zero-order valence-corrected chi connectivity index (χ0v) is 17.5. The fraction of sp³-hybridized carbons (Fsp3) is 0.524. The third-order valence-corrected chi connectivity index (χ3v) is 5.19. The van der Waals surface area contributed by atoms with Crippen LogP contribution in [0.15, 0.2) is 30.9 Å². The van der Waals surface area contributed by atoms with Crippen LogP contribution in [0.25, 0.3) is 16.8 Å². The lowest BCUT2D eigenvalue weighted by molar-refractivity contribution is 0.0256. The van der Waals surface area contributed by atoms with Crippen molar-refractivity contribution in [2.75, 3.05) is 13.1 Å². The fourth-order valence-corrected chi connectivity index (χ4v) is 3.82. The van der Waals surface area contributed by atoms with Gasteiger partial charge in [0.2, 0.25) is 0 Å². The highest BCUT2D eigenvalue weighted by Crippen LogP contribution is 2.32. The molecule has 1 fully saturated rings. The average Bonchev–Trinajstić information content (AvgIpc) is 3.21. The van der Waals surface area contributed by atoms with E-state index in [1.807, 2.05) is 61.9 Å². The highest BCUT2D eigenvalue weighted by atomic mass is 16.6. The highest BCUT2D eigenvalue weighted by Gasteiger charge is 2.27. The lowest BCUT2D eigenvalue weighted by atomic mass is 9.95. The molecule has 1 amide bonds. The summed E-state index contributed by atoms with van der Waals surface area (Å²) in [4.78, 5) is 19.3. The van der Waals surface area contributed by atoms with Gasteiger partial charge in [-0.15, -0.1) is 0 Å². The largest absolute Gasteiger partial charge is 0.444 e. The molecule has 1 atom stereocenters. The van der Waals surface area contributed by atoms with Crippen LogP contribution in [0.3, 0.4) is 0 Å². The van der Waals surface area contributed by atoms with Crippen LogP contribution in [0.1, 0.15) is 51.6 Å².